The minimum Gasteiger partial charge on any atom is -0.494 e. The van der Waals surface area contributed by atoms with Gasteiger partial charge in [-0.2, -0.15) is 0 Å². The maximum absolute atomic E-state index is 11.7. The first kappa shape index (κ1) is 14.9. The molecule has 1 aliphatic rings. The van der Waals surface area contributed by atoms with Crippen molar-refractivity contribution in [2.24, 2.45) is 0 Å². The summed E-state index contributed by atoms with van der Waals surface area (Å²) >= 11 is 0. The standard InChI is InChI=1S/C16H23NO3/c18-16(17-13-15-9-4-5-11-20-15)10-6-12-19-14-7-2-1-3-8-14/h1-3,7-8,15H,4-6,9-13H2,(H,17,18)/t15-/m0/s1. The lowest BCUT2D eigenvalue weighted by atomic mass is 10.1. The van der Waals surface area contributed by atoms with Crippen molar-refractivity contribution in [2.75, 3.05) is 19.8 Å². The van der Waals surface area contributed by atoms with Gasteiger partial charge in [-0.05, 0) is 37.8 Å². The lowest BCUT2D eigenvalue weighted by Crippen LogP contribution is -2.35. The first-order valence-corrected chi connectivity index (χ1v) is 7.41. The summed E-state index contributed by atoms with van der Waals surface area (Å²) in [6, 6.07) is 9.66. The van der Waals surface area contributed by atoms with E-state index in [0.29, 0.717) is 19.6 Å². The molecule has 1 aromatic rings. The molecule has 0 spiro atoms. The summed E-state index contributed by atoms with van der Waals surface area (Å²) in [6.07, 6.45) is 4.82. The highest BCUT2D eigenvalue weighted by molar-refractivity contribution is 5.75. The molecule has 4 nitrogen and oxygen atoms in total. The van der Waals surface area contributed by atoms with Crippen molar-refractivity contribution in [3.8, 4) is 5.75 Å². The zero-order valence-electron chi connectivity index (χ0n) is 11.8. The second kappa shape index (κ2) is 8.59. The number of hydrogen-bond acceptors (Lipinski definition) is 3. The van der Waals surface area contributed by atoms with Crippen molar-refractivity contribution in [3.63, 3.8) is 0 Å². The zero-order chi connectivity index (χ0) is 14.0. The number of amides is 1. The summed E-state index contributed by atoms with van der Waals surface area (Å²) in [6.45, 7) is 2.03. The molecule has 0 saturated carbocycles. The Hall–Kier alpha value is -1.55. The fourth-order valence-electron chi connectivity index (χ4n) is 2.22. The molecule has 4 heteroatoms. The van der Waals surface area contributed by atoms with Crippen molar-refractivity contribution in [1.82, 2.24) is 5.32 Å². The number of ether oxygens (including phenoxy) is 2. The third kappa shape index (κ3) is 5.61. The van der Waals surface area contributed by atoms with Crippen LogP contribution in [0.1, 0.15) is 32.1 Å². The van der Waals surface area contributed by atoms with Crippen LogP contribution < -0.4 is 10.1 Å². The summed E-state index contributed by atoms with van der Waals surface area (Å²) < 4.78 is 11.1. The van der Waals surface area contributed by atoms with Gasteiger partial charge in [-0.15, -0.1) is 0 Å². The van der Waals surface area contributed by atoms with E-state index in [1.807, 2.05) is 30.3 Å². The van der Waals surface area contributed by atoms with Crippen LogP contribution in [0.15, 0.2) is 30.3 Å². The van der Waals surface area contributed by atoms with Crippen LogP contribution in [-0.2, 0) is 9.53 Å². The molecule has 1 aromatic carbocycles. The molecule has 0 aliphatic carbocycles. The van der Waals surface area contributed by atoms with E-state index < -0.39 is 0 Å². The molecule has 1 N–H and O–H groups in total. The Labute approximate surface area is 120 Å². The normalized spacial score (nSPS) is 18.5. The largest absolute Gasteiger partial charge is 0.494 e. The lowest BCUT2D eigenvalue weighted by Gasteiger charge is -2.22. The van der Waals surface area contributed by atoms with Crippen molar-refractivity contribution >= 4 is 5.91 Å². The van der Waals surface area contributed by atoms with E-state index in [9.17, 15) is 4.79 Å². The molecular weight excluding hydrogens is 254 g/mol. The average molecular weight is 277 g/mol. The van der Waals surface area contributed by atoms with Crippen molar-refractivity contribution in [2.45, 2.75) is 38.2 Å². The molecule has 1 heterocycles. The second-order valence-corrected chi connectivity index (χ2v) is 5.06. The Morgan fingerprint density at radius 1 is 1.30 bits per heavy atom. The minimum absolute atomic E-state index is 0.0795. The minimum atomic E-state index is 0.0795. The SMILES string of the molecule is O=C(CCCOc1ccccc1)NC[C@@H]1CCCCO1. The number of benzene rings is 1. The first-order valence-electron chi connectivity index (χ1n) is 7.41. The third-order valence-electron chi connectivity index (χ3n) is 3.36. The van der Waals surface area contributed by atoms with Gasteiger partial charge in [0.25, 0.3) is 0 Å². The van der Waals surface area contributed by atoms with E-state index in [1.54, 1.807) is 0 Å². The van der Waals surface area contributed by atoms with E-state index in [2.05, 4.69) is 5.32 Å². The molecule has 1 saturated heterocycles. The van der Waals surface area contributed by atoms with Gasteiger partial charge in [0.1, 0.15) is 5.75 Å². The Morgan fingerprint density at radius 2 is 2.15 bits per heavy atom. The van der Waals surface area contributed by atoms with Gasteiger partial charge in [0.2, 0.25) is 5.91 Å². The van der Waals surface area contributed by atoms with Crippen LogP contribution in [0.3, 0.4) is 0 Å². The van der Waals surface area contributed by atoms with Gasteiger partial charge in [-0.1, -0.05) is 18.2 Å². The second-order valence-electron chi connectivity index (χ2n) is 5.06. The van der Waals surface area contributed by atoms with E-state index in [1.165, 1.54) is 6.42 Å². The van der Waals surface area contributed by atoms with Crippen molar-refractivity contribution < 1.29 is 14.3 Å². The zero-order valence-corrected chi connectivity index (χ0v) is 11.8. The maximum Gasteiger partial charge on any atom is 0.220 e. The molecule has 110 valence electrons. The van der Waals surface area contributed by atoms with Crippen LogP contribution in [0.25, 0.3) is 0 Å². The van der Waals surface area contributed by atoms with E-state index in [-0.39, 0.29) is 12.0 Å². The summed E-state index contributed by atoms with van der Waals surface area (Å²) in [5.41, 5.74) is 0. The van der Waals surface area contributed by atoms with Gasteiger partial charge < -0.3 is 14.8 Å². The van der Waals surface area contributed by atoms with Crippen LogP contribution >= 0.6 is 0 Å². The number of carbonyl (C=O) groups excluding carboxylic acids is 1. The van der Waals surface area contributed by atoms with Crippen LogP contribution in [0.2, 0.25) is 0 Å². The Morgan fingerprint density at radius 3 is 2.90 bits per heavy atom. The molecule has 1 amide bonds. The predicted octanol–water partition coefficient (Wildman–Crippen LogP) is 2.53. The van der Waals surface area contributed by atoms with E-state index in [4.69, 9.17) is 9.47 Å². The van der Waals surface area contributed by atoms with Gasteiger partial charge in [-0.25, -0.2) is 0 Å². The molecular formula is C16H23NO3. The Kier molecular flexibility index (Phi) is 6.38. The molecule has 1 fully saturated rings. The Bertz CT molecular complexity index is 388. The fourth-order valence-corrected chi connectivity index (χ4v) is 2.22. The summed E-state index contributed by atoms with van der Waals surface area (Å²) in [5, 5.41) is 2.93. The summed E-state index contributed by atoms with van der Waals surface area (Å²) in [5.74, 6) is 0.930. The number of hydrogen-bond donors (Lipinski definition) is 1. The number of rotatable bonds is 7. The highest BCUT2D eigenvalue weighted by Gasteiger charge is 2.14. The molecule has 0 unspecified atom stereocenters. The molecule has 0 radical (unpaired) electrons. The van der Waals surface area contributed by atoms with Crippen LogP contribution in [0.5, 0.6) is 5.75 Å². The third-order valence-corrected chi connectivity index (χ3v) is 3.36. The first-order chi connectivity index (χ1) is 9.84. The summed E-state index contributed by atoms with van der Waals surface area (Å²) in [7, 11) is 0. The summed E-state index contributed by atoms with van der Waals surface area (Å²) in [4.78, 5) is 11.7. The molecule has 1 atom stereocenters. The molecule has 1 aliphatic heterocycles. The molecule has 2 rings (SSSR count). The van der Waals surface area contributed by atoms with Gasteiger partial charge in [0.15, 0.2) is 0 Å². The average Bonchev–Trinajstić information content (AvgIpc) is 2.52. The predicted molar refractivity (Wildman–Crippen MR) is 77.8 cm³/mol. The Balaban J connectivity index is 1.51. The topological polar surface area (TPSA) is 47.6 Å². The van der Waals surface area contributed by atoms with Gasteiger partial charge in [0.05, 0.1) is 12.7 Å². The number of carbonyl (C=O) groups is 1. The van der Waals surface area contributed by atoms with Crippen molar-refractivity contribution in [3.05, 3.63) is 30.3 Å². The van der Waals surface area contributed by atoms with Gasteiger partial charge in [0, 0.05) is 19.6 Å². The number of nitrogens with one attached hydrogen (secondary N) is 1. The lowest BCUT2D eigenvalue weighted by molar-refractivity contribution is -0.122. The van der Waals surface area contributed by atoms with Gasteiger partial charge in [-0.3, -0.25) is 4.79 Å². The van der Waals surface area contributed by atoms with Crippen LogP contribution in [-0.4, -0.2) is 31.8 Å². The highest BCUT2D eigenvalue weighted by Crippen LogP contribution is 2.12. The fraction of sp³-hybridized carbons (Fsp3) is 0.562. The molecule has 0 bridgehead atoms. The van der Waals surface area contributed by atoms with E-state index >= 15 is 0 Å². The number of para-hydroxylation sites is 1. The highest BCUT2D eigenvalue weighted by atomic mass is 16.5. The monoisotopic (exact) mass is 277 g/mol. The van der Waals surface area contributed by atoms with Crippen LogP contribution in [0, 0.1) is 0 Å². The quantitative estimate of drug-likeness (QED) is 0.779. The molecule has 20 heavy (non-hydrogen) atoms. The maximum atomic E-state index is 11.7. The smallest absolute Gasteiger partial charge is 0.220 e. The van der Waals surface area contributed by atoms with E-state index in [0.717, 1.165) is 31.6 Å². The molecule has 0 aromatic heterocycles. The van der Waals surface area contributed by atoms with Gasteiger partial charge >= 0.3 is 0 Å². The van der Waals surface area contributed by atoms with Crippen LogP contribution in [0.4, 0.5) is 0 Å². The van der Waals surface area contributed by atoms with Crippen molar-refractivity contribution in [1.29, 1.82) is 0 Å².